The molecule has 0 saturated heterocycles. The van der Waals surface area contributed by atoms with Crippen molar-refractivity contribution in [3.63, 3.8) is 0 Å². The quantitative estimate of drug-likeness (QED) is 0.757. The molecular formula is C15H18N4O3. The number of amides is 3. The zero-order valence-electron chi connectivity index (χ0n) is 12.3. The lowest BCUT2D eigenvalue weighted by Gasteiger charge is -2.14. The van der Waals surface area contributed by atoms with Crippen LogP contribution in [0, 0.1) is 0 Å². The zero-order valence-corrected chi connectivity index (χ0v) is 12.3. The lowest BCUT2D eigenvalue weighted by Crippen LogP contribution is -2.33. The van der Waals surface area contributed by atoms with Gasteiger partial charge in [-0.15, -0.1) is 0 Å². The van der Waals surface area contributed by atoms with Crippen LogP contribution in [0.3, 0.4) is 0 Å². The first-order chi connectivity index (χ1) is 10.6. The van der Waals surface area contributed by atoms with Crippen LogP contribution in [-0.4, -0.2) is 30.0 Å². The van der Waals surface area contributed by atoms with E-state index < -0.39 is 5.91 Å². The second kappa shape index (κ2) is 7.35. The van der Waals surface area contributed by atoms with E-state index in [1.165, 1.54) is 0 Å². The Labute approximate surface area is 128 Å². The molecule has 116 valence electrons. The van der Waals surface area contributed by atoms with Crippen molar-refractivity contribution in [1.29, 1.82) is 0 Å². The Kier molecular flexibility index (Phi) is 5.24. The number of hydrazone groups is 1. The number of benzene rings is 1. The maximum atomic E-state index is 12.1. The topological polar surface area (TPSA) is 99.7 Å². The molecule has 1 aromatic carbocycles. The first kappa shape index (κ1) is 15.7. The van der Waals surface area contributed by atoms with Gasteiger partial charge in [0.1, 0.15) is 5.71 Å². The summed E-state index contributed by atoms with van der Waals surface area (Å²) in [5.41, 5.74) is 3.32. The number of carbonyl (C=O) groups is 3. The summed E-state index contributed by atoms with van der Waals surface area (Å²) in [6.07, 6.45) is 1.34. The van der Waals surface area contributed by atoms with Crippen molar-refractivity contribution >= 4 is 29.1 Å². The van der Waals surface area contributed by atoms with E-state index in [9.17, 15) is 14.4 Å². The highest BCUT2D eigenvalue weighted by atomic mass is 16.2. The van der Waals surface area contributed by atoms with Crippen LogP contribution in [0.15, 0.2) is 29.4 Å². The van der Waals surface area contributed by atoms with E-state index in [1.807, 2.05) is 6.92 Å². The molecule has 0 saturated carbocycles. The van der Waals surface area contributed by atoms with Gasteiger partial charge in [-0.3, -0.25) is 14.4 Å². The molecule has 1 aliphatic rings. The summed E-state index contributed by atoms with van der Waals surface area (Å²) in [7, 11) is 0. The molecule has 3 N–H and O–H groups in total. The highest BCUT2D eigenvalue weighted by Crippen LogP contribution is 2.15. The van der Waals surface area contributed by atoms with Gasteiger partial charge in [0, 0.05) is 19.4 Å². The van der Waals surface area contributed by atoms with Gasteiger partial charge >= 0.3 is 0 Å². The summed E-state index contributed by atoms with van der Waals surface area (Å²) in [4.78, 5) is 35.2. The van der Waals surface area contributed by atoms with Crippen molar-refractivity contribution in [2.75, 3.05) is 11.9 Å². The predicted octanol–water partition coefficient (Wildman–Crippen LogP) is 1.03. The van der Waals surface area contributed by atoms with Crippen LogP contribution in [0.1, 0.15) is 36.5 Å². The molecule has 2 rings (SSSR count). The fraction of sp³-hybridized carbons (Fsp3) is 0.333. The van der Waals surface area contributed by atoms with Crippen molar-refractivity contribution in [3.8, 4) is 0 Å². The Morgan fingerprint density at radius 2 is 2.00 bits per heavy atom. The minimum absolute atomic E-state index is 0.212. The second-order valence-electron chi connectivity index (χ2n) is 4.85. The summed E-state index contributed by atoms with van der Waals surface area (Å²) in [6, 6.07) is 6.76. The number of nitrogens with one attached hydrogen (secondary N) is 3. The number of hydrogen-bond donors (Lipinski definition) is 3. The fourth-order valence-electron chi connectivity index (χ4n) is 1.96. The first-order valence-corrected chi connectivity index (χ1v) is 7.15. The van der Waals surface area contributed by atoms with Gasteiger partial charge < -0.3 is 10.6 Å². The van der Waals surface area contributed by atoms with Gasteiger partial charge in [0.2, 0.25) is 5.91 Å². The van der Waals surface area contributed by atoms with Crippen LogP contribution in [-0.2, 0) is 9.59 Å². The average Bonchev–Trinajstić information content (AvgIpc) is 2.53. The highest BCUT2D eigenvalue weighted by Gasteiger charge is 2.20. The molecule has 0 aliphatic carbocycles. The van der Waals surface area contributed by atoms with E-state index in [1.54, 1.807) is 24.3 Å². The fourth-order valence-corrected chi connectivity index (χ4v) is 1.96. The lowest BCUT2D eigenvalue weighted by atomic mass is 10.1. The third kappa shape index (κ3) is 3.91. The Morgan fingerprint density at radius 1 is 1.23 bits per heavy atom. The molecule has 22 heavy (non-hydrogen) atoms. The Morgan fingerprint density at radius 3 is 2.68 bits per heavy atom. The van der Waals surface area contributed by atoms with Gasteiger partial charge in [0.15, 0.2) is 0 Å². The van der Waals surface area contributed by atoms with Crippen molar-refractivity contribution in [2.24, 2.45) is 5.10 Å². The van der Waals surface area contributed by atoms with E-state index in [2.05, 4.69) is 21.2 Å². The molecular weight excluding hydrogens is 284 g/mol. The molecule has 3 amide bonds. The van der Waals surface area contributed by atoms with Gasteiger partial charge in [0.05, 0.1) is 11.3 Å². The molecule has 0 radical (unpaired) electrons. The molecule has 0 aromatic heterocycles. The Balaban J connectivity index is 2.11. The zero-order chi connectivity index (χ0) is 15.9. The molecule has 1 aromatic rings. The molecule has 0 bridgehead atoms. The molecule has 1 aliphatic heterocycles. The highest BCUT2D eigenvalue weighted by molar-refractivity contribution is 6.43. The molecule has 7 nitrogen and oxygen atoms in total. The second-order valence-corrected chi connectivity index (χ2v) is 4.85. The van der Waals surface area contributed by atoms with Gasteiger partial charge in [-0.2, -0.15) is 5.10 Å². The maximum absolute atomic E-state index is 12.1. The number of hydrogen-bond acceptors (Lipinski definition) is 4. The number of carbonyl (C=O) groups excluding carboxylic acids is 3. The normalized spacial score (nSPS) is 13.9. The number of rotatable bonds is 5. The minimum Gasteiger partial charge on any atom is -0.352 e. The van der Waals surface area contributed by atoms with Gasteiger partial charge in [-0.05, 0) is 18.6 Å². The van der Waals surface area contributed by atoms with Crippen LogP contribution >= 0.6 is 0 Å². The van der Waals surface area contributed by atoms with Gasteiger partial charge in [-0.1, -0.05) is 19.1 Å². The van der Waals surface area contributed by atoms with Crippen molar-refractivity contribution in [1.82, 2.24) is 10.7 Å². The number of nitrogens with zero attached hydrogens (tertiary/aromatic N) is 1. The maximum Gasteiger partial charge on any atom is 0.271 e. The van der Waals surface area contributed by atoms with E-state index in [-0.39, 0.29) is 30.4 Å². The monoisotopic (exact) mass is 302 g/mol. The Bertz CT molecular complexity index is 625. The van der Waals surface area contributed by atoms with Crippen molar-refractivity contribution in [3.05, 3.63) is 29.8 Å². The van der Waals surface area contributed by atoms with Crippen LogP contribution in [0.2, 0.25) is 0 Å². The first-order valence-electron chi connectivity index (χ1n) is 7.15. The third-order valence-corrected chi connectivity index (χ3v) is 3.12. The lowest BCUT2D eigenvalue weighted by molar-refractivity contribution is -0.121. The number of anilines is 1. The largest absolute Gasteiger partial charge is 0.352 e. The van der Waals surface area contributed by atoms with Crippen LogP contribution in [0.4, 0.5) is 5.69 Å². The van der Waals surface area contributed by atoms with Gasteiger partial charge in [0.25, 0.3) is 11.8 Å². The molecule has 0 unspecified atom stereocenters. The predicted molar refractivity (Wildman–Crippen MR) is 82.5 cm³/mol. The standard InChI is InChI=1S/C15H18N4O3/c1-2-9-16-14(21)10-5-3-4-6-11(10)17-15(22)12-7-8-13(20)19-18-12/h3-6H,2,7-9H2,1H3,(H,16,21)(H,17,22)(H,19,20). The third-order valence-electron chi connectivity index (χ3n) is 3.12. The van der Waals surface area contributed by atoms with Gasteiger partial charge in [-0.25, -0.2) is 5.43 Å². The van der Waals surface area contributed by atoms with Crippen molar-refractivity contribution < 1.29 is 14.4 Å². The van der Waals surface area contributed by atoms with Crippen LogP contribution in [0.25, 0.3) is 0 Å². The SMILES string of the molecule is CCCNC(=O)c1ccccc1NC(=O)C1=NNC(=O)CC1. The van der Waals surface area contributed by atoms with Crippen molar-refractivity contribution in [2.45, 2.75) is 26.2 Å². The summed E-state index contributed by atoms with van der Waals surface area (Å²) in [5, 5.41) is 9.18. The van der Waals surface area contributed by atoms with Crippen LogP contribution < -0.4 is 16.1 Å². The minimum atomic E-state index is -0.421. The number of para-hydroxylation sites is 1. The molecule has 1 heterocycles. The molecule has 7 heteroatoms. The van der Waals surface area contributed by atoms with Crippen LogP contribution in [0.5, 0.6) is 0 Å². The summed E-state index contributed by atoms with van der Waals surface area (Å²) < 4.78 is 0. The molecule has 0 atom stereocenters. The smallest absolute Gasteiger partial charge is 0.271 e. The van der Waals surface area contributed by atoms with E-state index in [4.69, 9.17) is 0 Å². The molecule has 0 spiro atoms. The summed E-state index contributed by atoms with van der Waals surface area (Å²) in [5.74, 6) is -0.872. The van der Waals surface area contributed by atoms with E-state index in [0.717, 1.165) is 6.42 Å². The summed E-state index contributed by atoms with van der Waals surface area (Å²) >= 11 is 0. The summed E-state index contributed by atoms with van der Waals surface area (Å²) in [6.45, 7) is 2.53. The van der Waals surface area contributed by atoms with E-state index in [0.29, 0.717) is 17.8 Å². The Hall–Kier alpha value is -2.70. The average molecular weight is 302 g/mol. The molecule has 0 fully saturated rings. The van der Waals surface area contributed by atoms with E-state index >= 15 is 0 Å².